The summed E-state index contributed by atoms with van der Waals surface area (Å²) in [6.07, 6.45) is 7.07. The molecule has 0 radical (unpaired) electrons. The number of benzene rings is 1. The summed E-state index contributed by atoms with van der Waals surface area (Å²) in [5.74, 6) is 0.0284. The van der Waals surface area contributed by atoms with Crippen molar-refractivity contribution >= 4 is 22.4 Å². The SMILES string of the molecule is CN/C(N)=C/C=C(\N)CCCCc1nnc(NC(=O)Cc2ccc(F)cc2)s1. The van der Waals surface area contributed by atoms with E-state index in [1.165, 1.54) is 23.5 Å². The molecule has 6 N–H and O–H groups in total. The lowest BCUT2D eigenvalue weighted by molar-refractivity contribution is -0.115. The van der Waals surface area contributed by atoms with Crippen LogP contribution < -0.4 is 22.1 Å². The van der Waals surface area contributed by atoms with E-state index in [0.29, 0.717) is 11.0 Å². The Morgan fingerprint density at radius 1 is 1.18 bits per heavy atom. The Bertz CT molecular complexity index is 831. The molecule has 0 fully saturated rings. The van der Waals surface area contributed by atoms with E-state index < -0.39 is 0 Å². The van der Waals surface area contributed by atoms with Crippen LogP contribution in [0, 0.1) is 5.82 Å². The van der Waals surface area contributed by atoms with Gasteiger partial charge in [0.1, 0.15) is 10.8 Å². The molecule has 7 nitrogen and oxygen atoms in total. The fourth-order valence-corrected chi connectivity index (χ4v) is 3.12. The maximum atomic E-state index is 12.9. The molecule has 9 heteroatoms. The van der Waals surface area contributed by atoms with Gasteiger partial charge in [-0.2, -0.15) is 0 Å². The first-order chi connectivity index (χ1) is 13.5. The summed E-state index contributed by atoms with van der Waals surface area (Å²) in [5.41, 5.74) is 13.1. The van der Waals surface area contributed by atoms with Crippen LogP contribution in [0.25, 0.3) is 0 Å². The lowest BCUT2D eigenvalue weighted by atomic mass is 10.1. The number of nitrogens with zero attached hydrogens (tertiary/aromatic N) is 2. The highest BCUT2D eigenvalue weighted by Gasteiger charge is 2.09. The summed E-state index contributed by atoms with van der Waals surface area (Å²) in [5, 5.41) is 15.0. The molecule has 0 bridgehead atoms. The van der Waals surface area contributed by atoms with Crippen molar-refractivity contribution in [1.29, 1.82) is 0 Å². The predicted molar refractivity (Wildman–Crippen MR) is 110 cm³/mol. The van der Waals surface area contributed by atoms with Crippen molar-refractivity contribution in [3.8, 4) is 0 Å². The molecule has 1 aromatic carbocycles. The van der Waals surface area contributed by atoms with E-state index in [0.717, 1.165) is 42.0 Å². The van der Waals surface area contributed by atoms with Crippen molar-refractivity contribution in [3.63, 3.8) is 0 Å². The van der Waals surface area contributed by atoms with Gasteiger partial charge in [0, 0.05) is 19.2 Å². The van der Waals surface area contributed by atoms with Gasteiger partial charge in [0.25, 0.3) is 0 Å². The Morgan fingerprint density at radius 3 is 2.64 bits per heavy atom. The maximum absolute atomic E-state index is 12.9. The number of aromatic nitrogens is 2. The van der Waals surface area contributed by atoms with Crippen LogP contribution in [0.2, 0.25) is 0 Å². The average molecular weight is 405 g/mol. The molecular weight excluding hydrogens is 379 g/mol. The number of nitrogens with two attached hydrogens (primary N) is 2. The lowest BCUT2D eigenvalue weighted by Crippen LogP contribution is -2.14. The number of carbonyl (C=O) groups is 1. The summed E-state index contributed by atoms with van der Waals surface area (Å²) < 4.78 is 12.9. The van der Waals surface area contributed by atoms with Crippen LogP contribution in [0.1, 0.15) is 29.8 Å². The number of amides is 1. The monoisotopic (exact) mass is 404 g/mol. The first-order valence-electron chi connectivity index (χ1n) is 8.92. The molecule has 2 aromatic rings. The Balaban J connectivity index is 1.72. The van der Waals surface area contributed by atoms with Crippen LogP contribution in [-0.2, 0) is 17.6 Å². The van der Waals surface area contributed by atoms with E-state index in [4.69, 9.17) is 11.5 Å². The standard InChI is InChI=1S/C19H25FN6OS/c1-23-16(22)11-10-15(21)4-2-3-5-18-25-26-19(28-18)24-17(27)12-13-6-8-14(20)9-7-13/h6-11,23H,2-5,12,21-22H2,1H3,(H,24,26,27)/b15-10-,16-11+. The van der Waals surface area contributed by atoms with Gasteiger partial charge in [-0.05, 0) is 49.1 Å². The van der Waals surface area contributed by atoms with Crippen LogP contribution in [0.4, 0.5) is 9.52 Å². The number of rotatable bonds is 10. The number of hydrogen-bond donors (Lipinski definition) is 4. The zero-order chi connectivity index (χ0) is 20.4. The van der Waals surface area contributed by atoms with Gasteiger partial charge in [0.15, 0.2) is 0 Å². The minimum absolute atomic E-state index is 0.160. The third-order valence-electron chi connectivity index (χ3n) is 3.86. The summed E-state index contributed by atoms with van der Waals surface area (Å²) in [7, 11) is 1.75. The number of allylic oxidation sites excluding steroid dienone is 3. The molecule has 0 aliphatic heterocycles. The summed E-state index contributed by atoms with van der Waals surface area (Å²) in [4.78, 5) is 12.0. The van der Waals surface area contributed by atoms with Crippen molar-refractivity contribution in [2.75, 3.05) is 12.4 Å². The molecule has 28 heavy (non-hydrogen) atoms. The summed E-state index contributed by atoms with van der Waals surface area (Å²) in [6, 6.07) is 5.84. The van der Waals surface area contributed by atoms with Crippen molar-refractivity contribution in [2.45, 2.75) is 32.1 Å². The van der Waals surface area contributed by atoms with E-state index in [1.54, 1.807) is 31.3 Å². The van der Waals surface area contributed by atoms with E-state index >= 15 is 0 Å². The van der Waals surface area contributed by atoms with E-state index in [1.807, 2.05) is 0 Å². The highest BCUT2D eigenvalue weighted by atomic mass is 32.1. The zero-order valence-corrected chi connectivity index (χ0v) is 16.6. The molecule has 0 atom stereocenters. The molecule has 0 aliphatic rings. The fourth-order valence-electron chi connectivity index (χ4n) is 2.33. The predicted octanol–water partition coefficient (Wildman–Crippen LogP) is 2.43. The summed E-state index contributed by atoms with van der Waals surface area (Å²) >= 11 is 1.36. The molecular formula is C19H25FN6OS. The lowest BCUT2D eigenvalue weighted by Gasteiger charge is -2.01. The van der Waals surface area contributed by atoms with Crippen molar-refractivity contribution in [1.82, 2.24) is 15.5 Å². The molecule has 1 heterocycles. The molecule has 0 unspecified atom stereocenters. The molecule has 150 valence electrons. The van der Waals surface area contributed by atoms with E-state index in [9.17, 15) is 9.18 Å². The molecule has 0 saturated carbocycles. The normalized spacial score (nSPS) is 12.1. The quantitative estimate of drug-likeness (QED) is 0.357. The van der Waals surface area contributed by atoms with Gasteiger partial charge < -0.3 is 22.1 Å². The Hall–Kier alpha value is -2.94. The van der Waals surface area contributed by atoms with Gasteiger partial charge in [-0.3, -0.25) is 4.79 Å². The zero-order valence-electron chi connectivity index (χ0n) is 15.7. The number of hydrogen-bond acceptors (Lipinski definition) is 7. The Labute approximate surface area is 167 Å². The van der Waals surface area contributed by atoms with E-state index in [-0.39, 0.29) is 18.1 Å². The van der Waals surface area contributed by atoms with Crippen molar-refractivity contribution in [2.24, 2.45) is 11.5 Å². The van der Waals surface area contributed by atoms with Gasteiger partial charge >= 0.3 is 0 Å². The second-order valence-electron chi connectivity index (χ2n) is 6.17. The molecule has 0 saturated heterocycles. The number of anilines is 1. The van der Waals surface area contributed by atoms with E-state index in [2.05, 4.69) is 20.8 Å². The molecule has 1 aromatic heterocycles. The van der Waals surface area contributed by atoms with Crippen LogP contribution in [0.5, 0.6) is 0 Å². The van der Waals surface area contributed by atoms with Crippen LogP contribution in [-0.4, -0.2) is 23.2 Å². The van der Waals surface area contributed by atoms with Gasteiger partial charge in [0.05, 0.1) is 12.2 Å². The van der Waals surface area contributed by atoms with Crippen LogP contribution >= 0.6 is 11.3 Å². The maximum Gasteiger partial charge on any atom is 0.230 e. The van der Waals surface area contributed by atoms with Gasteiger partial charge in [-0.15, -0.1) is 10.2 Å². The third kappa shape index (κ3) is 7.75. The minimum Gasteiger partial charge on any atom is -0.402 e. The number of aryl methyl sites for hydroxylation is 1. The Morgan fingerprint density at radius 2 is 1.93 bits per heavy atom. The summed E-state index contributed by atoms with van der Waals surface area (Å²) in [6.45, 7) is 0. The van der Waals surface area contributed by atoms with Gasteiger partial charge in [-0.1, -0.05) is 23.5 Å². The minimum atomic E-state index is -0.325. The van der Waals surface area contributed by atoms with Crippen molar-refractivity contribution in [3.05, 3.63) is 64.3 Å². The largest absolute Gasteiger partial charge is 0.402 e. The highest BCUT2D eigenvalue weighted by molar-refractivity contribution is 7.15. The molecule has 1 amide bonds. The first-order valence-corrected chi connectivity index (χ1v) is 9.74. The fraction of sp³-hybridized carbons (Fsp3) is 0.316. The number of halogens is 1. The first kappa shape index (κ1) is 21.4. The topological polar surface area (TPSA) is 119 Å². The van der Waals surface area contributed by atoms with Crippen molar-refractivity contribution < 1.29 is 9.18 Å². The molecule has 0 spiro atoms. The highest BCUT2D eigenvalue weighted by Crippen LogP contribution is 2.18. The van der Waals surface area contributed by atoms with Gasteiger partial charge in [-0.25, -0.2) is 4.39 Å². The van der Waals surface area contributed by atoms with Crippen LogP contribution in [0.15, 0.2) is 47.9 Å². The average Bonchev–Trinajstić information content (AvgIpc) is 3.12. The molecule has 2 rings (SSSR count). The number of nitrogens with one attached hydrogen (secondary N) is 2. The van der Waals surface area contributed by atoms with Gasteiger partial charge in [0.2, 0.25) is 11.0 Å². The Kier molecular flexibility index (Phi) is 8.41. The number of unbranched alkanes of at least 4 members (excludes halogenated alkanes) is 1. The number of carbonyl (C=O) groups excluding carboxylic acids is 1. The third-order valence-corrected chi connectivity index (χ3v) is 4.76. The molecule has 0 aliphatic carbocycles. The second-order valence-corrected chi connectivity index (χ2v) is 7.24. The van der Waals surface area contributed by atoms with Crippen LogP contribution in [0.3, 0.4) is 0 Å². The smallest absolute Gasteiger partial charge is 0.230 e. The second kappa shape index (κ2) is 11.0.